The molecular weight excluding hydrogens is 572 g/mol. The number of morpholine rings is 1. The van der Waals surface area contributed by atoms with Crippen LogP contribution in [0.5, 0.6) is 0 Å². The molecule has 11 heteroatoms. The van der Waals surface area contributed by atoms with Crippen LogP contribution in [-0.2, 0) is 20.3 Å². The van der Waals surface area contributed by atoms with Crippen molar-refractivity contribution in [2.24, 2.45) is 0 Å². The molecular formula is C32H29F2N5O3S. The molecule has 0 spiro atoms. The SMILES string of the molecule is Cc1c(-c2ccccn2)nc2cc(F)cc(F)c2c1Nc1cc(N2CCOCC2)ncc1-c1ccc(CS(C)(=O)=O)cc1. The van der Waals surface area contributed by atoms with Gasteiger partial charge in [-0.2, -0.15) is 0 Å². The highest BCUT2D eigenvalue weighted by atomic mass is 32.2. The number of fused-ring (bicyclic) bond motifs is 1. The van der Waals surface area contributed by atoms with Gasteiger partial charge in [-0.05, 0) is 30.2 Å². The highest BCUT2D eigenvalue weighted by Crippen LogP contribution is 2.40. The first-order valence-electron chi connectivity index (χ1n) is 13.7. The summed E-state index contributed by atoms with van der Waals surface area (Å²) in [7, 11) is -3.20. The summed E-state index contributed by atoms with van der Waals surface area (Å²) in [6.07, 6.45) is 4.58. The smallest absolute Gasteiger partial charge is 0.151 e. The van der Waals surface area contributed by atoms with E-state index in [0.717, 1.165) is 17.4 Å². The Morgan fingerprint density at radius 1 is 1.00 bits per heavy atom. The minimum absolute atomic E-state index is 0.0685. The van der Waals surface area contributed by atoms with E-state index < -0.39 is 21.5 Å². The Morgan fingerprint density at radius 3 is 2.47 bits per heavy atom. The van der Waals surface area contributed by atoms with Crippen LogP contribution in [0.3, 0.4) is 0 Å². The van der Waals surface area contributed by atoms with Crippen LogP contribution < -0.4 is 10.2 Å². The number of nitrogens with one attached hydrogen (secondary N) is 1. The molecule has 4 heterocycles. The lowest BCUT2D eigenvalue weighted by atomic mass is 10.0. The lowest BCUT2D eigenvalue weighted by Gasteiger charge is -2.28. The van der Waals surface area contributed by atoms with Crippen LogP contribution >= 0.6 is 0 Å². The second-order valence-electron chi connectivity index (χ2n) is 10.5. The molecule has 0 saturated carbocycles. The van der Waals surface area contributed by atoms with Crippen molar-refractivity contribution < 1.29 is 21.9 Å². The van der Waals surface area contributed by atoms with Gasteiger partial charge in [-0.3, -0.25) is 4.98 Å². The number of sulfone groups is 1. The van der Waals surface area contributed by atoms with E-state index in [2.05, 4.69) is 20.2 Å². The maximum absolute atomic E-state index is 15.5. The minimum atomic E-state index is -3.20. The molecule has 1 fully saturated rings. The molecule has 1 aliphatic rings. The average Bonchev–Trinajstić information content (AvgIpc) is 2.99. The Hall–Kier alpha value is -4.48. The Morgan fingerprint density at radius 2 is 1.77 bits per heavy atom. The first-order valence-corrected chi connectivity index (χ1v) is 15.8. The fourth-order valence-corrected chi connectivity index (χ4v) is 6.07. The zero-order chi connectivity index (χ0) is 30.1. The van der Waals surface area contributed by atoms with Gasteiger partial charge < -0.3 is 15.0 Å². The number of halogens is 2. The lowest BCUT2D eigenvalue weighted by molar-refractivity contribution is 0.122. The second-order valence-corrected chi connectivity index (χ2v) is 12.7. The van der Waals surface area contributed by atoms with E-state index in [1.165, 1.54) is 12.3 Å². The molecule has 0 aliphatic carbocycles. The van der Waals surface area contributed by atoms with Gasteiger partial charge in [-0.1, -0.05) is 30.3 Å². The number of rotatable bonds is 7. The van der Waals surface area contributed by atoms with Crippen LogP contribution in [0.15, 0.2) is 73.1 Å². The van der Waals surface area contributed by atoms with Gasteiger partial charge in [-0.15, -0.1) is 0 Å². The summed E-state index contributed by atoms with van der Waals surface area (Å²) in [6, 6.07) is 16.6. The van der Waals surface area contributed by atoms with Crippen molar-refractivity contribution in [2.75, 3.05) is 42.8 Å². The van der Waals surface area contributed by atoms with Gasteiger partial charge in [0.2, 0.25) is 0 Å². The predicted molar refractivity (Wildman–Crippen MR) is 164 cm³/mol. The van der Waals surface area contributed by atoms with E-state index in [1.807, 2.05) is 31.2 Å². The summed E-state index contributed by atoms with van der Waals surface area (Å²) in [5, 5.41) is 3.61. The molecule has 2 aromatic carbocycles. The van der Waals surface area contributed by atoms with E-state index in [1.54, 1.807) is 36.7 Å². The first kappa shape index (κ1) is 28.6. The van der Waals surface area contributed by atoms with E-state index in [-0.39, 0.29) is 16.7 Å². The molecule has 0 unspecified atom stereocenters. The quantitative estimate of drug-likeness (QED) is 0.240. The number of pyridine rings is 3. The maximum atomic E-state index is 15.5. The number of nitrogens with zero attached hydrogens (tertiary/aromatic N) is 4. The number of benzene rings is 2. The van der Waals surface area contributed by atoms with Crippen LogP contribution in [0.25, 0.3) is 33.4 Å². The summed E-state index contributed by atoms with van der Waals surface area (Å²) in [6.45, 7) is 4.31. The third kappa shape index (κ3) is 6.18. The third-order valence-corrected chi connectivity index (χ3v) is 8.19. The highest BCUT2D eigenvalue weighted by Gasteiger charge is 2.21. The number of hydrogen-bond acceptors (Lipinski definition) is 8. The van der Waals surface area contributed by atoms with Gasteiger partial charge in [0, 0.05) is 61.1 Å². The van der Waals surface area contributed by atoms with Crippen LogP contribution in [0, 0.1) is 18.6 Å². The Bertz CT molecular complexity index is 1910. The molecule has 3 aromatic heterocycles. The van der Waals surface area contributed by atoms with Crippen molar-refractivity contribution in [3.8, 4) is 22.5 Å². The van der Waals surface area contributed by atoms with E-state index in [0.29, 0.717) is 65.8 Å². The summed E-state index contributed by atoms with van der Waals surface area (Å²) >= 11 is 0. The zero-order valence-corrected chi connectivity index (χ0v) is 24.5. The highest BCUT2D eigenvalue weighted by molar-refractivity contribution is 7.89. The topological polar surface area (TPSA) is 97.3 Å². The molecule has 0 amide bonds. The number of aromatic nitrogens is 3. The molecule has 220 valence electrons. The van der Waals surface area contributed by atoms with Crippen molar-refractivity contribution in [1.82, 2.24) is 15.0 Å². The molecule has 5 aromatic rings. The first-order chi connectivity index (χ1) is 20.7. The number of anilines is 3. The van der Waals surface area contributed by atoms with Crippen LogP contribution in [0.4, 0.5) is 26.0 Å². The largest absolute Gasteiger partial charge is 0.378 e. The molecule has 1 N–H and O–H groups in total. The minimum Gasteiger partial charge on any atom is -0.378 e. The van der Waals surface area contributed by atoms with Gasteiger partial charge in [-0.25, -0.2) is 27.2 Å². The fraction of sp³-hybridized carbons (Fsp3) is 0.219. The molecule has 1 aliphatic heterocycles. The van der Waals surface area contributed by atoms with Crippen molar-refractivity contribution >= 4 is 37.9 Å². The average molecular weight is 602 g/mol. The van der Waals surface area contributed by atoms with Crippen LogP contribution in [-0.4, -0.2) is 55.9 Å². The predicted octanol–water partition coefficient (Wildman–Crippen LogP) is 6.07. The van der Waals surface area contributed by atoms with Crippen LogP contribution in [0.1, 0.15) is 11.1 Å². The molecule has 1 saturated heterocycles. The van der Waals surface area contributed by atoms with E-state index in [4.69, 9.17) is 9.72 Å². The fourth-order valence-electron chi connectivity index (χ4n) is 5.28. The van der Waals surface area contributed by atoms with Gasteiger partial charge in [0.1, 0.15) is 17.5 Å². The standard InChI is InChI=1S/C32H29F2N5O3S/c1-20-31(26-5-3-4-10-35-26)38-28-16-23(33)15-25(34)30(28)32(20)37-27-17-29(39-11-13-42-14-12-39)36-18-24(27)22-8-6-21(7-9-22)19-43(2,40)41/h3-10,15-18H,11-14,19H2,1-2H3,(H,36,37,38). The molecule has 0 radical (unpaired) electrons. The monoisotopic (exact) mass is 601 g/mol. The van der Waals surface area contributed by atoms with Gasteiger partial charge in [0.05, 0.1) is 52.6 Å². The zero-order valence-electron chi connectivity index (χ0n) is 23.6. The summed E-state index contributed by atoms with van der Waals surface area (Å²) < 4.78 is 59.0. The molecule has 6 rings (SSSR count). The molecule has 8 nitrogen and oxygen atoms in total. The van der Waals surface area contributed by atoms with Crippen LogP contribution in [0.2, 0.25) is 0 Å². The van der Waals surface area contributed by atoms with Crippen molar-refractivity contribution in [3.05, 3.63) is 95.8 Å². The summed E-state index contributed by atoms with van der Waals surface area (Å²) in [4.78, 5) is 15.9. The molecule has 0 atom stereocenters. The Kier molecular flexibility index (Phi) is 7.76. The van der Waals surface area contributed by atoms with Crippen molar-refractivity contribution in [3.63, 3.8) is 0 Å². The lowest BCUT2D eigenvalue weighted by Crippen LogP contribution is -2.36. The van der Waals surface area contributed by atoms with Gasteiger partial charge in [0.25, 0.3) is 0 Å². The third-order valence-electron chi connectivity index (χ3n) is 7.33. The van der Waals surface area contributed by atoms with Crippen molar-refractivity contribution in [2.45, 2.75) is 12.7 Å². The molecule has 0 bridgehead atoms. The summed E-state index contributed by atoms with van der Waals surface area (Å²) in [5.41, 5.74) is 5.09. The number of hydrogen-bond donors (Lipinski definition) is 1. The second kappa shape index (κ2) is 11.7. The normalized spacial score (nSPS) is 13.8. The number of ether oxygens (including phenoxy) is 1. The van der Waals surface area contributed by atoms with E-state index >= 15 is 4.39 Å². The van der Waals surface area contributed by atoms with Gasteiger partial charge >= 0.3 is 0 Å². The Labute approximate surface area is 248 Å². The van der Waals surface area contributed by atoms with Gasteiger partial charge in [0.15, 0.2) is 9.84 Å². The van der Waals surface area contributed by atoms with Crippen molar-refractivity contribution in [1.29, 1.82) is 0 Å². The molecule has 43 heavy (non-hydrogen) atoms. The maximum Gasteiger partial charge on any atom is 0.151 e. The Balaban J connectivity index is 1.52. The summed E-state index contributed by atoms with van der Waals surface area (Å²) in [5.74, 6) is -0.820. The van der Waals surface area contributed by atoms with E-state index in [9.17, 15) is 12.8 Å².